The van der Waals surface area contributed by atoms with Crippen molar-refractivity contribution >= 4 is 34.8 Å². The van der Waals surface area contributed by atoms with E-state index in [1.807, 2.05) is 0 Å². The minimum atomic E-state index is -0.928. The van der Waals surface area contributed by atoms with Crippen LogP contribution in [0.1, 0.15) is 67.7 Å². The third-order valence-electron chi connectivity index (χ3n) is 8.02. The largest absolute Gasteiger partial charge is 0.513 e. The van der Waals surface area contributed by atoms with Gasteiger partial charge in [-0.25, -0.2) is 19.2 Å². The van der Waals surface area contributed by atoms with Crippen molar-refractivity contribution in [2.24, 2.45) is 17.8 Å². The van der Waals surface area contributed by atoms with Gasteiger partial charge in [-0.3, -0.25) is 0 Å². The Morgan fingerprint density at radius 2 is 1.34 bits per heavy atom. The van der Waals surface area contributed by atoms with Gasteiger partial charge in [0.2, 0.25) is 0 Å². The van der Waals surface area contributed by atoms with Gasteiger partial charge in [-0.05, 0) is 96.8 Å². The first-order valence-corrected chi connectivity index (χ1v) is 15.8. The fourth-order valence-corrected chi connectivity index (χ4v) is 5.43. The van der Waals surface area contributed by atoms with Gasteiger partial charge in [0, 0.05) is 5.57 Å². The molecule has 0 aromatic heterocycles. The molecule has 47 heavy (non-hydrogen) atoms. The van der Waals surface area contributed by atoms with Crippen molar-refractivity contribution in [3.63, 3.8) is 0 Å². The summed E-state index contributed by atoms with van der Waals surface area (Å²) in [5.41, 5.74) is 1.11. The average Bonchev–Trinajstić information content (AvgIpc) is 3.04. The van der Waals surface area contributed by atoms with Gasteiger partial charge >= 0.3 is 24.1 Å². The van der Waals surface area contributed by atoms with Gasteiger partial charge in [0.25, 0.3) is 0 Å². The molecule has 1 aliphatic carbocycles. The Kier molecular flexibility index (Phi) is 12.5. The molecule has 4 rings (SSSR count). The second kappa shape index (κ2) is 16.7. The van der Waals surface area contributed by atoms with Gasteiger partial charge in [0.15, 0.2) is 0 Å². The molecule has 1 saturated carbocycles. The number of hydrogen-bond acceptors (Lipinski definition) is 10. The molecule has 0 heterocycles. The summed E-state index contributed by atoms with van der Waals surface area (Å²) in [6, 6.07) is 16.3. The van der Waals surface area contributed by atoms with E-state index in [1.54, 1.807) is 43.3 Å². The average molecular weight is 647 g/mol. The molecule has 3 unspecified atom stereocenters. The maximum atomic E-state index is 13.1. The Hall–Kier alpha value is -4.70. The van der Waals surface area contributed by atoms with Crippen LogP contribution < -0.4 is 9.47 Å². The molecule has 0 saturated heterocycles. The molecular weight excluding hydrogens is 604 g/mol. The Morgan fingerprint density at radius 3 is 1.94 bits per heavy atom. The van der Waals surface area contributed by atoms with Crippen LogP contribution in [0.4, 0.5) is 4.79 Å². The van der Waals surface area contributed by atoms with Crippen LogP contribution in [0, 0.1) is 17.8 Å². The predicted octanol–water partition coefficient (Wildman–Crippen LogP) is 7.33. The van der Waals surface area contributed by atoms with Crippen molar-refractivity contribution in [3.8, 4) is 11.5 Å². The van der Waals surface area contributed by atoms with Crippen molar-refractivity contribution in [2.45, 2.75) is 53.1 Å². The van der Waals surface area contributed by atoms with E-state index in [9.17, 15) is 19.2 Å². The molecule has 0 aliphatic heterocycles. The molecule has 1 fully saturated rings. The molecular formula is C37H42O10. The van der Waals surface area contributed by atoms with Crippen LogP contribution >= 0.6 is 0 Å². The summed E-state index contributed by atoms with van der Waals surface area (Å²) in [7, 11) is 0. The Morgan fingerprint density at radius 1 is 0.766 bits per heavy atom. The zero-order valence-electron chi connectivity index (χ0n) is 27.3. The molecule has 10 heteroatoms. The van der Waals surface area contributed by atoms with Crippen LogP contribution in [0.15, 0.2) is 72.8 Å². The van der Waals surface area contributed by atoms with Crippen molar-refractivity contribution in [2.75, 3.05) is 26.4 Å². The molecule has 3 aromatic carbocycles. The first-order chi connectivity index (χ1) is 22.5. The van der Waals surface area contributed by atoms with E-state index in [0.717, 1.165) is 30.0 Å². The quantitative estimate of drug-likeness (QED) is 0.0466. The third kappa shape index (κ3) is 10.4. The van der Waals surface area contributed by atoms with Crippen LogP contribution in [0.3, 0.4) is 0 Å². The monoisotopic (exact) mass is 646 g/mol. The first kappa shape index (κ1) is 35.2. The number of hydrogen-bond donors (Lipinski definition) is 0. The second-order valence-corrected chi connectivity index (χ2v) is 12.1. The van der Waals surface area contributed by atoms with Crippen molar-refractivity contribution in [3.05, 3.63) is 83.9 Å². The van der Waals surface area contributed by atoms with Crippen molar-refractivity contribution in [1.82, 2.24) is 0 Å². The van der Waals surface area contributed by atoms with Gasteiger partial charge in [-0.2, -0.15) is 0 Å². The lowest BCUT2D eigenvalue weighted by molar-refractivity contribution is -0.140. The maximum Gasteiger partial charge on any atom is 0.513 e. The van der Waals surface area contributed by atoms with Crippen LogP contribution in [-0.2, 0) is 23.7 Å². The van der Waals surface area contributed by atoms with Gasteiger partial charge in [0.05, 0.1) is 24.3 Å². The van der Waals surface area contributed by atoms with E-state index in [2.05, 4.69) is 27.4 Å². The molecule has 0 amide bonds. The van der Waals surface area contributed by atoms with E-state index in [-0.39, 0.29) is 50.0 Å². The van der Waals surface area contributed by atoms with Crippen molar-refractivity contribution < 1.29 is 47.6 Å². The van der Waals surface area contributed by atoms with E-state index >= 15 is 0 Å². The van der Waals surface area contributed by atoms with Gasteiger partial charge in [0.1, 0.15) is 30.8 Å². The van der Waals surface area contributed by atoms with Crippen LogP contribution in [0.5, 0.6) is 11.5 Å². The highest BCUT2D eigenvalue weighted by molar-refractivity contribution is 5.99. The molecule has 0 radical (unpaired) electrons. The molecule has 0 N–H and O–H groups in total. The molecule has 250 valence electrons. The van der Waals surface area contributed by atoms with Crippen LogP contribution in [-0.4, -0.2) is 56.6 Å². The molecule has 10 nitrogen and oxygen atoms in total. The Labute approximate surface area is 274 Å². The molecule has 3 atom stereocenters. The summed E-state index contributed by atoms with van der Waals surface area (Å²) in [6.45, 7) is 11.8. The third-order valence-corrected chi connectivity index (χ3v) is 8.02. The predicted molar refractivity (Wildman–Crippen MR) is 174 cm³/mol. The van der Waals surface area contributed by atoms with Gasteiger partial charge < -0.3 is 28.4 Å². The lowest BCUT2D eigenvalue weighted by Crippen LogP contribution is -2.35. The summed E-state index contributed by atoms with van der Waals surface area (Å²) in [5.74, 6) is 0.397. The number of benzene rings is 3. The van der Waals surface area contributed by atoms with Crippen LogP contribution in [0.25, 0.3) is 10.8 Å². The summed E-state index contributed by atoms with van der Waals surface area (Å²) >= 11 is 0. The SMILES string of the molecule is C=C(C)C(=O)OCCOCCOC(=O)Oc1ccc(OC(=O)c2ccc3cc(C(=O)OC4CC(C)CCC4C(C)C)ccc3c2)cc1. The molecule has 3 aromatic rings. The number of ether oxygens (including phenoxy) is 6. The standard InChI is InChI=1S/C37H42O10/c1-23(2)32-15-6-25(5)20-33(32)47-36(40)29-10-8-26-21-28(9-7-27(26)22-29)35(39)45-30-11-13-31(14-12-30)46-37(41)44-19-17-42-16-18-43-34(38)24(3)4/h7-14,21-23,25,32-33H,3,6,15-20H2,1-2,4-5H3. The minimum Gasteiger partial charge on any atom is -0.460 e. The highest BCUT2D eigenvalue weighted by atomic mass is 16.7. The summed E-state index contributed by atoms with van der Waals surface area (Å²) in [5, 5.41) is 1.58. The fourth-order valence-electron chi connectivity index (χ4n) is 5.43. The number of fused-ring (bicyclic) bond motifs is 1. The summed E-state index contributed by atoms with van der Waals surface area (Å²) in [6.07, 6.45) is 2.09. The zero-order valence-corrected chi connectivity index (χ0v) is 27.3. The lowest BCUT2D eigenvalue weighted by atomic mass is 9.75. The second-order valence-electron chi connectivity index (χ2n) is 12.1. The fraction of sp³-hybridized carbons (Fsp3) is 0.405. The Balaban J connectivity index is 1.24. The number of rotatable bonds is 13. The lowest BCUT2D eigenvalue weighted by Gasteiger charge is -2.36. The molecule has 1 aliphatic rings. The number of carbonyl (C=O) groups excluding carboxylic acids is 4. The smallest absolute Gasteiger partial charge is 0.460 e. The van der Waals surface area contributed by atoms with Crippen molar-refractivity contribution in [1.29, 1.82) is 0 Å². The van der Waals surface area contributed by atoms with E-state index in [1.165, 1.54) is 24.3 Å². The Bertz CT molecular complexity index is 1580. The molecule has 0 spiro atoms. The summed E-state index contributed by atoms with van der Waals surface area (Å²) in [4.78, 5) is 49.1. The van der Waals surface area contributed by atoms with Gasteiger partial charge in [-0.1, -0.05) is 45.9 Å². The topological polar surface area (TPSA) is 124 Å². The van der Waals surface area contributed by atoms with E-state index < -0.39 is 18.1 Å². The maximum absolute atomic E-state index is 13.1. The zero-order chi connectivity index (χ0) is 33.9. The van der Waals surface area contributed by atoms with Crippen LogP contribution in [0.2, 0.25) is 0 Å². The van der Waals surface area contributed by atoms with E-state index in [0.29, 0.717) is 34.5 Å². The normalized spacial score (nSPS) is 17.5. The number of carbonyl (C=O) groups is 4. The minimum absolute atomic E-state index is 0.0569. The van der Waals surface area contributed by atoms with E-state index in [4.69, 9.17) is 28.4 Å². The number of esters is 3. The highest BCUT2D eigenvalue weighted by Crippen LogP contribution is 2.36. The highest BCUT2D eigenvalue weighted by Gasteiger charge is 2.33. The van der Waals surface area contributed by atoms with Gasteiger partial charge in [-0.15, -0.1) is 0 Å². The molecule has 0 bridgehead atoms. The first-order valence-electron chi connectivity index (χ1n) is 15.8. The summed E-state index contributed by atoms with van der Waals surface area (Å²) < 4.78 is 31.7.